The van der Waals surface area contributed by atoms with E-state index in [9.17, 15) is 0 Å². The summed E-state index contributed by atoms with van der Waals surface area (Å²) in [5.41, 5.74) is 2.16. The molecule has 6 heterocycles. The lowest BCUT2D eigenvalue weighted by atomic mass is 9.74. The minimum absolute atomic E-state index is 0.616. The molecule has 16 aliphatic rings. The van der Waals surface area contributed by atoms with Crippen LogP contribution in [0.4, 0.5) is 0 Å². The van der Waals surface area contributed by atoms with Gasteiger partial charge in [-0.1, -0.05) is 173 Å². The molecular weight excluding hydrogens is 879 g/mol. The summed E-state index contributed by atoms with van der Waals surface area (Å²) >= 11 is 0. The largest absolute Gasteiger partial charge is 0.380 e. The first-order valence-electron chi connectivity index (χ1n) is 33.4. The van der Waals surface area contributed by atoms with Crippen molar-refractivity contribution in [2.45, 2.75) is 263 Å². The van der Waals surface area contributed by atoms with E-state index in [0.717, 1.165) is 53.8 Å². The van der Waals surface area contributed by atoms with E-state index in [1.54, 1.807) is 70.6 Å². The summed E-state index contributed by atoms with van der Waals surface area (Å²) in [6, 6.07) is 0.888. The van der Waals surface area contributed by atoms with Crippen LogP contribution in [0.5, 0.6) is 0 Å². The van der Waals surface area contributed by atoms with Crippen LogP contribution in [0.3, 0.4) is 0 Å². The second kappa shape index (κ2) is 30.0. The van der Waals surface area contributed by atoms with Crippen molar-refractivity contribution >= 4 is 0 Å². The molecule has 6 heteroatoms. The van der Waals surface area contributed by atoms with Gasteiger partial charge in [-0.3, -0.25) is 4.90 Å². The molecule has 7 unspecified atom stereocenters. The van der Waals surface area contributed by atoms with E-state index in [1.165, 1.54) is 275 Å². The molecule has 6 aliphatic heterocycles. The highest BCUT2D eigenvalue weighted by Gasteiger charge is 2.40. The molecule has 414 valence electrons. The van der Waals surface area contributed by atoms with Crippen LogP contribution in [0.25, 0.3) is 0 Å². The maximum atomic E-state index is 5.19. The highest BCUT2D eigenvalue weighted by Crippen LogP contribution is 2.49. The van der Waals surface area contributed by atoms with Gasteiger partial charge in [0.05, 0.1) is 13.2 Å². The van der Waals surface area contributed by atoms with Gasteiger partial charge in [-0.25, -0.2) is 0 Å². The summed E-state index contributed by atoms with van der Waals surface area (Å²) < 4.78 is 5.19. The Kier molecular flexibility index (Phi) is 23.4. The fraction of sp³-hybridized carbons (Fsp3) is 0.970. The number of hydrogen-bond acceptors (Lipinski definition) is 6. The first kappa shape index (κ1) is 56.2. The molecule has 0 bridgehead atoms. The monoisotopic (exact) mass is 998 g/mol. The number of piperazine rings is 1. The fourth-order valence-electron chi connectivity index (χ4n) is 18.1. The third-order valence-electron chi connectivity index (χ3n) is 23.2. The van der Waals surface area contributed by atoms with Crippen LogP contribution in [-0.2, 0) is 4.74 Å². The lowest BCUT2D eigenvalue weighted by Gasteiger charge is -2.44. The maximum Gasteiger partial charge on any atom is 0.0545 e. The zero-order valence-electron chi connectivity index (χ0n) is 47.5. The third kappa shape index (κ3) is 17.5. The Bertz CT molecular complexity index is 1390. The second-order valence-corrected chi connectivity index (χ2v) is 28.2. The Balaban J connectivity index is 0.000000102. The van der Waals surface area contributed by atoms with Crippen LogP contribution >= 0.6 is 0 Å². The Morgan fingerprint density at radius 2 is 0.750 bits per heavy atom. The summed E-state index contributed by atoms with van der Waals surface area (Å²) in [7, 11) is 0. The number of ether oxygens (including phenoxy) is 1. The van der Waals surface area contributed by atoms with Crippen molar-refractivity contribution in [1.29, 1.82) is 0 Å². The minimum atomic E-state index is 0.616. The van der Waals surface area contributed by atoms with Gasteiger partial charge in [-0.05, 0) is 187 Å². The van der Waals surface area contributed by atoms with E-state index in [4.69, 9.17) is 4.74 Å². The minimum Gasteiger partial charge on any atom is -0.380 e. The Morgan fingerprint density at radius 3 is 1.18 bits per heavy atom. The van der Waals surface area contributed by atoms with Crippen molar-refractivity contribution in [3.05, 3.63) is 12.2 Å². The normalized spacial score (nSPS) is 37.7. The lowest BCUT2D eigenvalue weighted by Crippen LogP contribution is -2.49. The van der Waals surface area contributed by atoms with Gasteiger partial charge in [0, 0.05) is 44.2 Å². The molecule has 0 radical (unpaired) electrons. The van der Waals surface area contributed by atoms with E-state index in [-0.39, 0.29) is 0 Å². The molecule has 0 aromatic rings. The summed E-state index contributed by atoms with van der Waals surface area (Å²) in [5, 5.41) is 13.7. The SMILES string of the molecule is C1=CCC2CCCC2C1.C1CC2(CCN1)COC2.C1CC2CCCC2C1.C1CC2CNCCN2C1.C1CCC2(C1)CCNC2.C1CCC2(CC1)CCNC2.C1CCC2CC2C1.C1CCC2CCCCC2CC1. The Labute approximate surface area is 446 Å². The zero-order valence-corrected chi connectivity index (χ0v) is 47.5. The molecule has 9 saturated carbocycles. The molecule has 0 amide bonds. The third-order valence-corrected chi connectivity index (χ3v) is 23.2. The summed E-state index contributed by atoms with van der Waals surface area (Å²) in [6.07, 6.45) is 64.8. The molecule has 3 spiro atoms. The molecule has 4 N–H and O–H groups in total. The van der Waals surface area contributed by atoms with Gasteiger partial charge < -0.3 is 26.0 Å². The van der Waals surface area contributed by atoms with Crippen LogP contribution in [0.15, 0.2) is 12.2 Å². The molecule has 0 aromatic heterocycles. The van der Waals surface area contributed by atoms with Gasteiger partial charge in [0.15, 0.2) is 0 Å². The molecule has 16 rings (SSSR count). The molecule has 15 fully saturated rings. The summed E-state index contributed by atoms with van der Waals surface area (Å²) in [5.74, 6) is 9.20. The van der Waals surface area contributed by atoms with Crippen molar-refractivity contribution in [1.82, 2.24) is 26.2 Å². The van der Waals surface area contributed by atoms with Crippen molar-refractivity contribution in [3.63, 3.8) is 0 Å². The second-order valence-electron chi connectivity index (χ2n) is 28.2. The predicted molar refractivity (Wildman–Crippen MR) is 307 cm³/mol. The predicted octanol–water partition coefficient (Wildman–Crippen LogP) is 15.2. The molecule has 6 saturated heterocycles. The highest BCUT2D eigenvalue weighted by atomic mass is 16.5. The van der Waals surface area contributed by atoms with Crippen LogP contribution < -0.4 is 21.3 Å². The van der Waals surface area contributed by atoms with Crippen molar-refractivity contribution in [3.8, 4) is 0 Å². The Hall–Kier alpha value is -0.500. The average molecular weight is 999 g/mol. The number of allylic oxidation sites excluding steroid dienone is 2. The van der Waals surface area contributed by atoms with Crippen LogP contribution in [0.1, 0.15) is 257 Å². The number of fused-ring (bicyclic) bond motifs is 5. The number of nitrogens with one attached hydrogen (secondary N) is 4. The van der Waals surface area contributed by atoms with Crippen LogP contribution in [0, 0.1) is 63.6 Å². The first-order valence-corrected chi connectivity index (χ1v) is 33.4. The topological polar surface area (TPSA) is 60.6 Å². The van der Waals surface area contributed by atoms with E-state index >= 15 is 0 Å². The number of nitrogens with zero attached hydrogens (tertiary/aromatic N) is 1. The summed E-state index contributed by atoms with van der Waals surface area (Å²) in [4.78, 5) is 2.61. The van der Waals surface area contributed by atoms with Gasteiger partial charge in [0.25, 0.3) is 0 Å². The standard InChI is InChI=1S/C11H20.C9H17N.C9H14.C8H15N.C8H14.C7H14N2.C7H13NO.C7H12/c1-2-6-10-8-4-5-9-11(10)7-3-1;1-2-4-9(5-3-1)6-7-10-8-9;1-2-5-9-7-3-6-8(9)4-1;1-2-4-8(3-1)5-6-9-7-8;1-3-7-5-2-6-8(7)4-1;1-2-7-6-8-3-5-9(7)4-1;1-3-8-4-2-7(1)5-9-6-7;1-2-4-7-5-6(7)3-1/h10-11H,1-9H2;10H,1-8H2;1-2,8-9H,3-7H2;9H,1-7H2;7-8H,1-6H2;7-8H,1-6H2;8H,1-6H2;6-7H,1-5H2. The van der Waals surface area contributed by atoms with Gasteiger partial charge >= 0.3 is 0 Å². The van der Waals surface area contributed by atoms with E-state index in [0.29, 0.717) is 5.41 Å². The maximum absolute atomic E-state index is 5.19. The van der Waals surface area contributed by atoms with Crippen molar-refractivity contribution in [2.75, 3.05) is 78.7 Å². The van der Waals surface area contributed by atoms with Gasteiger partial charge in [-0.15, -0.1) is 0 Å². The van der Waals surface area contributed by atoms with Crippen molar-refractivity contribution in [2.24, 2.45) is 63.6 Å². The zero-order chi connectivity index (χ0) is 49.0. The van der Waals surface area contributed by atoms with Crippen LogP contribution in [0.2, 0.25) is 0 Å². The number of rotatable bonds is 0. The number of hydrogen-bond donors (Lipinski definition) is 4. The number of piperidine rings is 1. The smallest absolute Gasteiger partial charge is 0.0545 e. The molecule has 6 nitrogen and oxygen atoms in total. The molecular formula is C66H119N5O. The quantitative estimate of drug-likeness (QED) is 0.181. The lowest BCUT2D eigenvalue weighted by molar-refractivity contribution is -0.127. The van der Waals surface area contributed by atoms with Crippen molar-refractivity contribution < 1.29 is 4.74 Å². The Morgan fingerprint density at radius 1 is 0.333 bits per heavy atom. The fourth-order valence-corrected chi connectivity index (χ4v) is 18.1. The van der Waals surface area contributed by atoms with Gasteiger partial charge in [-0.2, -0.15) is 0 Å². The van der Waals surface area contributed by atoms with Gasteiger partial charge in [0.2, 0.25) is 0 Å². The summed E-state index contributed by atoms with van der Waals surface area (Å²) in [6.45, 7) is 14.7. The van der Waals surface area contributed by atoms with E-state index < -0.39 is 0 Å². The van der Waals surface area contributed by atoms with Crippen LogP contribution in [-0.4, -0.2) is 89.6 Å². The molecule has 10 aliphatic carbocycles. The first-order chi connectivity index (χ1) is 35.6. The van der Waals surface area contributed by atoms with E-state index in [1.807, 2.05) is 0 Å². The van der Waals surface area contributed by atoms with Gasteiger partial charge in [0.1, 0.15) is 0 Å². The highest BCUT2D eigenvalue weighted by molar-refractivity contribution is 4.97. The van der Waals surface area contributed by atoms with E-state index in [2.05, 4.69) is 38.3 Å². The molecule has 7 atom stereocenters. The average Bonchev–Trinajstić information content (AvgIpc) is 4.24. The molecule has 72 heavy (non-hydrogen) atoms. The molecule has 0 aromatic carbocycles.